The van der Waals surface area contributed by atoms with E-state index in [0.29, 0.717) is 17.4 Å². The SMILES string of the molecule is CC(=O)Nc1ccc(Nc2cc(Cl)c(C(F)(F)F)cc2[N+](=O)[O-])cc1. The average Bonchev–Trinajstić information content (AvgIpc) is 2.47. The molecule has 0 radical (unpaired) electrons. The minimum Gasteiger partial charge on any atom is -0.350 e. The molecule has 0 saturated heterocycles. The fraction of sp³-hybridized carbons (Fsp3) is 0.133. The third-order valence-electron chi connectivity index (χ3n) is 3.07. The van der Waals surface area contributed by atoms with Crippen LogP contribution in [0.15, 0.2) is 36.4 Å². The van der Waals surface area contributed by atoms with Gasteiger partial charge in [-0.2, -0.15) is 13.2 Å². The first kappa shape index (κ1) is 18.5. The fourth-order valence-electron chi connectivity index (χ4n) is 2.03. The summed E-state index contributed by atoms with van der Waals surface area (Å²) in [5.41, 5.74) is -1.36. The van der Waals surface area contributed by atoms with E-state index in [2.05, 4.69) is 10.6 Å². The van der Waals surface area contributed by atoms with Crippen LogP contribution in [0.3, 0.4) is 0 Å². The summed E-state index contributed by atoms with van der Waals surface area (Å²) in [5.74, 6) is -0.272. The molecule has 2 aromatic carbocycles. The number of rotatable bonds is 4. The number of carbonyl (C=O) groups excluding carboxylic acids is 1. The van der Waals surface area contributed by atoms with Crippen molar-refractivity contribution in [2.24, 2.45) is 0 Å². The smallest absolute Gasteiger partial charge is 0.350 e. The van der Waals surface area contributed by atoms with Gasteiger partial charge in [-0.05, 0) is 30.3 Å². The number of alkyl halides is 3. The van der Waals surface area contributed by atoms with Crippen LogP contribution in [0.5, 0.6) is 0 Å². The van der Waals surface area contributed by atoms with Crippen molar-refractivity contribution in [2.45, 2.75) is 13.1 Å². The van der Waals surface area contributed by atoms with Crippen molar-refractivity contribution in [2.75, 3.05) is 10.6 Å². The first-order chi connectivity index (χ1) is 11.6. The maximum Gasteiger partial charge on any atom is 0.418 e. The molecule has 0 unspecified atom stereocenters. The maximum atomic E-state index is 12.8. The second kappa shape index (κ2) is 6.98. The lowest BCUT2D eigenvalue weighted by atomic mass is 10.1. The molecule has 0 saturated carbocycles. The zero-order chi connectivity index (χ0) is 18.8. The molecule has 2 aromatic rings. The van der Waals surface area contributed by atoms with Crippen molar-refractivity contribution < 1.29 is 22.9 Å². The minimum absolute atomic E-state index is 0.185. The van der Waals surface area contributed by atoms with Gasteiger partial charge < -0.3 is 10.6 Å². The molecule has 0 aliphatic rings. The molecule has 0 aliphatic carbocycles. The van der Waals surface area contributed by atoms with E-state index < -0.39 is 27.4 Å². The van der Waals surface area contributed by atoms with E-state index in [1.165, 1.54) is 31.2 Å². The summed E-state index contributed by atoms with van der Waals surface area (Å²) in [7, 11) is 0. The summed E-state index contributed by atoms with van der Waals surface area (Å²) in [6.07, 6.45) is -4.81. The van der Waals surface area contributed by atoms with E-state index in [9.17, 15) is 28.1 Å². The molecule has 0 atom stereocenters. The summed E-state index contributed by atoms with van der Waals surface area (Å²) in [6.45, 7) is 1.33. The molecule has 2 rings (SSSR count). The van der Waals surface area contributed by atoms with E-state index in [0.717, 1.165) is 6.07 Å². The predicted octanol–water partition coefficient (Wildman–Crippen LogP) is 4.97. The third-order valence-corrected chi connectivity index (χ3v) is 3.38. The lowest BCUT2D eigenvalue weighted by Crippen LogP contribution is -2.08. The molecule has 0 bridgehead atoms. The van der Waals surface area contributed by atoms with Crippen LogP contribution in [-0.4, -0.2) is 10.8 Å². The molecule has 132 valence electrons. The number of nitro groups is 1. The Labute approximate surface area is 144 Å². The quantitative estimate of drug-likeness (QED) is 0.585. The van der Waals surface area contributed by atoms with Gasteiger partial charge in [0.25, 0.3) is 5.69 Å². The van der Waals surface area contributed by atoms with E-state index in [4.69, 9.17) is 11.6 Å². The van der Waals surface area contributed by atoms with Gasteiger partial charge in [-0.3, -0.25) is 14.9 Å². The predicted molar refractivity (Wildman–Crippen MR) is 87.1 cm³/mol. The molecule has 0 spiro atoms. The second-order valence-electron chi connectivity index (χ2n) is 4.99. The Morgan fingerprint density at radius 1 is 1.16 bits per heavy atom. The van der Waals surface area contributed by atoms with Gasteiger partial charge in [0.1, 0.15) is 5.69 Å². The number of halogens is 4. The highest BCUT2D eigenvalue weighted by Crippen LogP contribution is 2.41. The number of benzene rings is 2. The molecule has 0 aromatic heterocycles. The third kappa shape index (κ3) is 4.60. The van der Waals surface area contributed by atoms with Crippen LogP contribution >= 0.6 is 11.6 Å². The average molecular weight is 374 g/mol. The molecular weight excluding hydrogens is 363 g/mol. The molecule has 1 amide bonds. The Bertz CT molecular complexity index is 823. The summed E-state index contributed by atoms with van der Waals surface area (Å²) in [4.78, 5) is 21.1. The van der Waals surface area contributed by atoms with Crippen molar-refractivity contribution >= 4 is 40.3 Å². The van der Waals surface area contributed by atoms with Crippen LogP contribution in [0, 0.1) is 10.1 Å². The highest BCUT2D eigenvalue weighted by atomic mass is 35.5. The number of anilines is 3. The topological polar surface area (TPSA) is 84.3 Å². The molecule has 25 heavy (non-hydrogen) atoms. The lowest BCUT2D eigenvalue weighted by Gasteiger charge is -2.13. The molecule has 0 fully saturated rings. The van der Waals surface area contributed by atoms with Crippen LogP contribution in [0.1, 0.15) is 12.5 Å². The Hall–Kier alpha value is -2.81. The van der Waals surface area contributed by atoms with Gasteiger partial charge in [0.15, 0.2) is 0 Å². The maximum absolute atomic E-state index is 12.8. The van der Waals surface area contributed by atoms with Crippen LogP contribution in [0.25, 0.3) is 0 Å². The first-order valence-corrected chi connectivity index (χ1v) is 7.15. The molecular formula is C15H11ClF3N3O3. The zero-order valence-corrected chi connectivity index (χ0v) is 13.4. The highest BCUT2D eigenvalue weighted by molar-refractivity contribution is 6.31. The van der Waals surface area contributed by atoms with Crippen LogP contribution in [0.2, 0.25) is 5.02 Å². The van der Waals surface area contributed by atoms with Crippen LogP contribution < -0.4 is 10.6 Å². The molecule has 2 N–H and O–H groups in total. The molecule has 0 aliphatic heterocycles. The number of nitrogens with one attached hydrogen (secondary N) is 2. The number of hydrogen-bond acceptors (Lipinski definition) is 4. The Morgan fingerprint density at radius 2 is 1.72 bits per heavy atom. The lowest BCUT2D eigenvalue weighted by molar-refractivity contribution is -0.384. The van der Waals surface area contributed by atoms with Gasteiger partial charge >= 0.3 is 6.18 Å². The fourth-order valence-corrected chi connectivity index (χ4v) is 2.30. The van der Waals surface area contributed by atoms with E-state index >= 15 is 0 Å². The van der Waals surface area contributed by atoms with Crippen LogP contribution in [-0.2, 0) is 11.0 Å². The number of amides is 1. The van der Waals surface area contributed by atoms with E-state index in [1.807, 2.05) is 0 Å². The monoisotopic (exact) mass is 373 g/mol. The minimum atomic E-state index is -4.81. The van der Waals surface area contributed by atoms with Crippen LogP contribution in [0.4, 0.5) is 35.9 Å². The molecule has 0 heterocycles. The van der Waals surface area contributed by atoms with Gasteiger partial charge in [-0.25, -0.2) is 0 Å². The highest BCUT2D eigenvalue weighted by Gasteiger charge is 2.36. The summed E-state index contributed by atoms with van der Waals surface area (Å²) in [5, 5.41) is 15.6. The summed E-state index contributed by atoms with van der Waals surface area (Å²) >= 11 is 5.61. The van der Waals surface area contributed by atoms with Gasteiger partial charge in [0, 0.05) is 24.4 Å². The number of carbonyl (C=O) groups is 1. The van der Waals surface area contributed by atoms with Crippen molar-refractivity contribution in [3.8, 4) is 0 Å². The first-order valence-electron chi connectivity index (χ1n) is 6.77. The molecule has 10 heteroatoms. The van der Waals surface area contributed by atoms with E-state index in [1.54, 1.807) is 0 Å². The Balaban J connectivity index is 2.37. The Morgan fingerprint density at radius 3 is 2.20 bits per heavy atom. The zero-order valence-electron chi connectivity index (χ0n) is 12.6. The number of hydrogen-bond donors (Lipinski definition) is 2. The van der Waals surface area contributed by atoms with Gasteiger partial charge in [-0.1, -0.05) is 11.6 Å². The van der Waals surface area contributed by atoms with Crippen molar-refractivity contribution in [3.05, 3.63) is 57.1 Å². The molecule has 6 nitrogen and oxygen atoms in total. The largest absolute Gasteiger partial charge is 0.418 e. The summed E-state index contributed by atoms with van der Waals surface area (Å²) in [6, 6.07) is 7.30. The van der Waals surface area contributed by atoms with Crippen molar-refractivity contribution in [1.82, 2.24) is 0 Å². The van der Waals surface area contributed by atoms with Gasteiger partial charge in [0.05, 0.1) is 15.5 Å². The van der Waals surface area contributed by atoms with Gasteiger partial charge in [0.2, 0.25) is 5.91 Å². The Kier molecular flexibility index (Phi) is 5.17. The number of nitrogens with zero attached hydrogens (tertiary/aromatic N) is 1. The summed E-state index contributed by atoms with van der Waals surface area (Å²) < 4.78 is 38.5. The van der Waals surface area contributed by atoms with Crippen molar-refractivity contribution in [1.29, 1.82) is 0 Å². The normalized spacial score (nSPS) is 11.1. The van der Waals surface area contributed by atoms with E-state index in [-0.39, 0.29) is 11.6 Å². The van der Waals surface area contributed by atoms with Crippen molar-refractivity contribution in [3.63, 3.8) is 0 Å². The second-order valence-corrected chi connectivity index (χ2v) is 5.39. The number of nitro benzene ring substituents is 1. The standard InChI is InChI=1S/C15H11ClF3N3O3/c1-8(23)20-9-2-4-10(5-3-9)21-13-7-12(16)11(15(17,18)19)6-14(13)22(24)25/h2-7,21H,1H3,(H,20,23). The van der Waals surface area contributed by atoms with Gasteiger partial charge in [-0.15, -0.1) is 0 Å².